The van der Waals surface area contributed by atoms with Gasteiger partial charge in [-0.1, -0.05) is 48.5 Å². The van der Waals surface area contributed by atoms with E-state index in [0.717, 1.165) is 5.56 Å². The summed E-state index contributed by atoms with van der Waals surface area (Å²) in [4.78, 5) is 0.0707. The summed E-state index contributed by atoms with van der Waals surface area (Å²) < 4.78 is 23.0. The SMILES string of the molecule is NC(c1ccccc1)c1ccccc1S(N)(=O)=O. The minimum atomic E-state index is -3.77. The van der Waals surface area contributed by atoms with Gasteiger partial charge in [0.2, 0.25) is 10.0 Å². The standard InChI is InChI=1S/C13H14N2O2S/c14-13(10-6-2-1-3-7-10)11-8-4-5-9-12(11)18(15,16)17/h1-9,13H,14H2,(H2,15,16,17). The molecule has 0 radical (unpaired) electrons. The lowest BCUT2D eigenvalue weighted by Crippen LogP contribution is -2.20. The van der Waals surface area contributed by atoms with Crippen molar-refractivity contribution in [1.29, 1.82) is 0 Å². The Labute approximate surface area is 106 Å². The van der Waals surface area contributed by atoms with E-state index in [4.69, 9.17) is 10.9 Å². The fourth-order valence-corrected chi connectivity index (χ4v) is 2.63. The first-order valence-corrected chi connectivity index (χ1v) is 6.97. The van der Waals surface area contributed by atoms with Crippen LogP contribution in [0.5, 0.6) is 0 Å². The van der Waals surface area contributed by atoms with E-state index in [9.17, 15) is 8.42 Å². The molecule has 5 heteroatoms. The zero-order valence-corrected chi connectivity index (χ0v) is 10.5. The topological polar surface area (TPSA) is 86.2 Å². The number of sulfonamides is 1. The Kier molecular flexibility index (Phi) is 3.47. The molecule has 0 bridgehead atoms. The van der Waals surface area contributed by atoms with Crippen LogP contribution in [-0.4, -0.2) is 8.42 Å². The summed E-state index contributed by atoms with van der Waals surface area (Å²) in [6.07, 6.45) is 0. The third-order valence-corrected chi connectivity index (χ3v) is 3.70. The van der Waals surface area contributed by atoms with Crippen LogP contribution in [-0.2, 0) is 10.0 Å². The second-order valence-corrected chi connectivity index (χ2v) is 5.50. The molecule has 4 N–H and O–H groups in total. The van der Waals surface area contributed by atoms with Crippen molar-refractivity contribution in [3.05, 3.63) is 65.7 Å². The van der Waals surface area contributed by atoms with Gasteiger partial charge < -0.3 is 5.73 Å². The van der Waals surface area contributed by atoms with Gasteiger partial charge in [-0.2, -0.15) is 0 Å². The molecule has 0 spiro atoms. The Bertz CT molecular complexity index is 639. The van der Waals surface area contributed by atoms with Gasteiger partial charge in [0.15, 0.2) is 0 Å². The molecule has 0 aromatic heterocycles. The summed E-state index contributed by atoms with van der Waals surface area (Å²) in [5, 5.41) is 5.19. The average molecular weight is 262 g/mol. The summed E-state index contributed by atoms with van der Waals surface area (Å²) in [7, 11) is -3.77. The maximum atomic E-state index is 11.5. The molecule has 0 saturated carbocycles. The van der Waals surface area contributed by atoms with Gasteiger partial charge in [0.1, 0.15) is 0 Å². The highest BCUT2D eigenvalue weighted by molar-refractivity contribution is 7.89. The molecule has 1 atom stereocenters. The zero-order valence-electron chi connectivity index (χ0n) is 9.65. The van der Waals surface area contributed by atoms with E-state index < -0.39 is 16.1 Å². The molecule has 1 unspecified atom stereocenters. The molecule has 4 nitrogen and oxygen atoms in total. The lowest BCUT2D eigenvalue weighted by molar-refractivity contribution is 0.595. The number of benzene rings is 2. The summed E-state index contributed by atoms with van der Waals surface area (Å²) in [5.41, 5.74) is 7.44. The molecule has 0 fully saturated rings. The maximum Gasteiger partial charge on any atom is 0.238 e. The number of primary sulfonamides is 1. The third-order valence-electron chi connectivity index (χ3n) is 2.72. The van der Waals surface area contributed by atoms with Crippen molar-refractivity contribution in [3.8, 4) is 0 Å². The van der Waals surface area contributed by atoms with Crippen molar-refractivity contribution in [1.82, 2.24) is 0 Å². The van der Waals surface area contributed by atoms with Crippen LogP contribution < -0.4 is 10.9 Å². The number of rotatable bonds is 3. The molecule has 94 valence electrons. The molecular formula is C13H14N2O2S. The van der Waals surface area contributed by atoms with Gasteiger partial charge in [-0.3, -0.25) is 0 Å². The maximum absolute atomic E-state index is 11.5. The van der Waals surface area contributed by atoms with Gasteiger partial charge in [0.25, 0.3) is 0 Å². The third kappa shape index (κ3) is 2.59. The first-order valence-electron chi connectivity index (χ1n) is 5.42. The molecule has 0 saturated heterocycles. The lowest BCUT2D eigenvalue weighted by atomic mass is 10.00. The molecule has 18 heavy (non-hydrogen) atoms. The summed E-state index contributed by atoms with van der Waals surface area (Å²) >= 11 is 0. The van der Waals surface area contributed by atoms with E-state index in [0.29, 0.717) is 5.56 Å². The fraction of sp³-hybridized carbons (Fsp3) is 0.0769. The molecule has 0 amide bonds. The number of nitrogens with two attached hydrogens (primary N) is 2. The van der Waals surface area contributed by atoms with Crippen molar-refractivity contribution in [3.63, 3.8) is 0 Å². The van der Waals surface area contributed by atoms with Crippen LogP contribution in [0.3, 0.4) is 0 Å². The van der Waals surface area contributed by atoms with Crippen LogP contribution in [0.15, 0.2) is 59.5 Å². The highest BCUT2D eigenvalue weighted by Gasteiger charge is 2.18. The van der Waals surface area contributed by atoms with Crippen molar-refractivity contribution in [2.24, 2.45) is 10.9 Å². The molecule has 2 rings (SSSR count). The molecular weight excluding hydrogens is 248 g/mol. The van der Waals surface area contributed by atoms with Gasteiger partial charge >= 0.3 is 0 Å². The molecule has 0 aliphatic heterocycles. The van der Waals surface area contributed by atoms with Crippen LogP contribution in [0.25, 0.3) is 0 Å². The average Bonchev–Trinajstić information content (AvgIpc) is 2.38. The summed E-state index contributed by atoms with van der Waals surface area (Å²) in [6, 6.07) is 15.3. The Morgan fingerprint density at radius 2 is 1.44 bits per heavy atom. The molecule has 2 aromatic rings. The van der Waals surface area contributed by atoms with E-state index >= 15 is 0 Å². The van der Waals surface area contributed by atoms with Crippen LogP contribution >= 0.6 is 0 Å². The number of hydrogen-bond acceptors (Lipinski definition) is 3. The van der Waals surface area contributed by atoms with Gasteiger partial charge in [-0.05, 0) is 17.2 Å². The smallest absolute Gasteiger partial charge is 0.238 e. The van der Waals surface area contributed by atoms with Crippen LogP contribution in [0.4, 0.5) is 0 Å². The van der Waals surface area contributed by atoms with E-state index in [1.54, 1.807) is 18.2 Å². The van der Waals surface area contributed by atoms with E-state index in [2.05, 4.69) is 0 Å². The fourth-order valence-electron chi connectivity index (χ4n) is 1.84. The Morgan fingerprint density at radius 1 is 0.889 bits per heavy atom. The Balaban J connectivity index is 2.53. The van der Waals surface area contributed by atoms with Gasteiger partial charge in [0, 0.05) is 0 Å². The summed E-state index contributed by atoms with van der Waals surface area (Å²) in [6.45, 7) is 0. The summed E-state index contributed by atoms with van der Waals surface area (Å²) in [5.74, 6) is 0. The van der Waals surface area contributed by atoms with Gasteiger partial charge in [0.05, 0.1) is 10.9 Å². The van der Waals surface area contributed by atoms with Gasteiger partial charge in [-0.25, -0.2) is 13.6 Å². The van der Waals surface area contributed by atoms with E-state index in [1.165, 1.54) is 6.07 Å². The van der Waals surface area contributed by atoms with Crippen LogP contribution in [0, 0.1) is 0 Å². The van der Waals surface area contributed by atoms with Crippen molar-refractivity contribution in [2.45, 2.75) is 10.9 Å². The Morgan fingerprint density at radius 3 is 2.06 bits per heavy atom. The highest BCUT2D eigenvalue weighted by atomic mass is 32.2. The van der Waals surface area contributed by atoms with Crippen LogP contribution in [0.2, 0.25) is 0 Å². The molecule has 0 aliphatic rings. The highest BCUT2D eigenvalue weighted by Crippen LogP contribution is 2.24. The zero-order chi connectivity index (χ0) is 13.2. The van der Waals surface area contributed by atoms with E-state index in [1.807, 2.05) is 30.3 Å². The predicted molar refractivity (Wildman–Crippen MR) is 70.3 cm³/mol. The van der Waals surface area contributed by atoms with Crippen LogP contribution in [0.1, 0.15) is 17.2 Å². The predicted octanol–water partition coefficient (Wildman–Crippen LogP) is 1.38. The molecule has 2 aromatic carbocycles. The van der Waals surface area contributed by atoms with E-state index in [-0.39, 0.29) is 4.90 Å². The molecule has 0 aliphatic carbocycles. The normalized spacial score (nSPS) is 13.2. The monoisotopic (exact) mass is 262 g/mol. The minimum Gasteiger partial charge on any atom is -0.320 e. The first kappa shape index (κ1) is 12.8. The van der Waals surface area contributed by atoms with Gasteiger partial charge in [-0.15, -0.1) is 0 Å². The Hall–Kier alpha value is -1.69. The van der Waals surface area contributed by atoms with Crippen molar-refractivity contribution in [2.75, 3.05) is 0 Å². The molecule has 0 heterocycles. The lowest BCUT2D eigenvalue weighted by Gasteiger charge is -2.15. The first-order chi connectivity index (χ1) is 8.50. The second-order valence-electron chi connectivity index (χ2n) is 3.97. The largest absolute Gasteiger partial charge is 0.320 e. The minimum absolute atomic E-state index is 0.0707. The van der Waals surface area contributed by atoms with Crippen molar-refractivity contribution < 1.29 is 8.42 Å². The number of hydrogen-bond donors (Lipinski definition) is 2. The second kappa shape index (κ2) is 4.89. The van der Waals surface area contributed by atoms with Crippen molar-refractivity contribution >= 4 is 10.0 Å². The quantitative estimate of drug-likeness (QED) is 0.876.